The highest BCUT2D eigenvalue weighted by Crippen LogP contribution is 2.89. The van der Waals surface area contributed by atoms with Gasteiger partial charge in [-0.1, -0.05) is 91.9 Å². The van der Waals surface area contributed by atoms with Gasteiger partial charge in [-0.2, -0.15) is 0 Å². The van der Waals surface area contributed by atoms with Crippen LogP contribution in [0.15, 0.2) is 0 Å². The smallest absolute Gasteiger partial charge is 0.0875 e. The third kappa shape index (κ3) is 11.8. The molecule has 0 aromatic rings. The van der Waals surface area contributed by atoms with Crippen molar-refractivity contribution in [2.45, 2.75) is 361 Å². The second-order valence-electron chi connectivity index (χ2n) is 31.9. The summed E-state index contributed by atoms with van der Waals surface area (Å²) in [5, 5.41) is 0. The highest BCUT2D eigenvalue weighted by atomic mass is 16.5. The first kappa shape index (κ1) is 63.7. The average molecular weight is 1130 g/mol. The van der Waals surface area contributed by atoms with Gasteiger partial charge in [-0.3, -0.25) is 0 Å². The van der Waals surface area contributed by atoms with Gasteiger partial charge < -0.3 is 33.2 Å². The molecule has 0 saturated heterocycles. The zero-order chi connectivity index (χ0) is 57.1. The summed E-state index contributed by atoms with van der Waals surface area (Å²) >= 11 is 0. The summed E-state index contributed by atoms with van der Waals surface area (Å²) in [7, 11) is 2.12. The molecule has 0 aromatic carbocycles. The fourth-order valence-corrected chi connectivity index (χ4v) is 23.6. The van der Waals surface area contributed by atoms with Crippen molar-refractivity contribution in [1.29, 1.82) is 0 Å². The normalized spacial score (nSPS) is 42.7. The Morgan fingerprint density at radius 2 is 1.11 bits per heavy atom. The molecule has 10 aliphatic carbocycles. The lowest BCUT2D eigenvalue weighted by Gasteiger charge is -2.85. The van der Waals surface area contributed by atoms with Crippen LogP contribution >= 0.6 is 0 Å². The Bertz CT molecular complexity index is 1920. The van der Waals surface area contributed by atoms with Crippen molar-refractivity contribution in [3.8, 4) is 0 Å². The Morgan fingerprint density at radius 3 is 1.77 bits per heavy atom. The van der Waals surface area contributed by atoms with Crippen molar-refractivity contribution in [3.05, 3.63) is 5.92 Å². The van der Waals surface area contributed by atoms with E-state index < -0.39 is 5.60 Å². The molecular formula is C74H129O7. The molecule has 0 N–H and O–H groups in total. The number of methoxy groups -OCH3 is 1. The van der Waals surface area contributed by atoms with E-state index in [1.165, 1.54) is 225 Å². The van der Waals surface area contributed by atoms with Crippen LogP contribution in [-0.2, 0) is 33.2 Å². The largest absolute Gasteiger partial charge is 0.381 e. The van der Waals surface area contributed by atoms with Crippen LogP contribution in [0.25, 0.3) is 0 Å². The summed E-state index contributed by atoms with van der Waals surface area (Å²) in [6, 6.07) is 0. The highest BCUT2D eigenvalue weighted by molar-refractivity contribution is 5.41. The minimum Gasteiger partial charge on any atom is -0.381 e. The quantitative estimate of drug-likeness (QED) is 0.0844. The molecule has 0 heterocycles. The molecular weight excluding hydrogens is 1000 g/mol. The molecule has 10 aliphatic rings. The first-order chi connectivity index (χ1) is 39.1. The molecule has 0 aliphatic heterocycles. The fourth-order valence-electron chi connectivity index (χ4n) is 23.6. The topological polar surface area (TPSA) is 64.6 Å². The van der Waals surface area contributed by atoms with Gasteiger partial charge in [-0.15, -0.1) is 0 Å². The van der Waals surface area contributed by atoms with E-state index in [9.17, 15) is 4.74 Å². The van der Waals surface area contributed by atoms with E-state index in [4.69, 9.17) is 28.4 Å². The van der Waals surface area contributed by atoms with Crippen LogP contribution in [0.4, 0.5) is 0 Å². The lowest BCUT2D eigenvalue weighted by molar-refractivity contribution is -0.412. The van der Waals surface area contributed by atoms with Crippen molar-refractivity contribution in [2.75, 3.05) is 33.5 Å². The second-order valence-corrected chi connectivity index (χ2v) is 31.9. The van der Waals surface area contributed by atoms with Gasteiger partial charge in [0.15, 0.2) is 0 Å². The zero-order valence-electron chi connectivity index (χ0n) is 54.9. The monoisotopic (exact) mass is 1130 g/mol. The van der Waals surface area contributed by atoms with E-state index in [1.54, 1.807) is 0 Å². The van der Waals surface area contributed by atoms with Gasteiger partial charge in [0.25, 0.3) is 0 Å². The predicted octanol–water partition coefficient (Wildman–Crippen LogP) is 19.4. The minimum absolute atomic E-state index is 0.0385. The average Bonchev–Trinajstić information content (AvgIpc) is 3.51. The van der Waals surface area contributed by atoms with Crippen LogP contribution in [0.3, 0.4) is 0 Å². The van der Waals surface area contributed by atoms with Crippen molar-refractivity contribution in [3.63, 3.8) is 0 Å². The lowest BCUT2D eigenvalue weighted by atomic mass is 9.21. The lowest BCUT2D eigenvalue weighted by Crippen LogP contribution is -2.86. The van der Waals surface area contributed by atoms with Crippen LogP contribution in [0.2, 0.25) is 0 Å². The summed E-state index contributed by atoms with van der Waals surface area (Å²) in [5.74, 6) is 5.80. The molecule has 7 heteroatoms. The number of ether oxygens (including phenoxy) is 7. The number of unbranched alkanes of at least 4 members (excludes halogenated alkanes) is 1. The van der Waals surface area contributed by atoms with Crippen molar-refractivity contribution in [2.24, 2.45) is 68.5 Å². The molecule has 15 atom stereocenters. The third-order valence-electron chi connectivity index (χ3n) is 25.7. The van der Waals surface area contributed by atoms with E-state index in [0.29, 0.717) is 47.5 Å². The fraction of sp³-hybridized carbons (Fsp3) is 0.986. The minimum atomic E-state index is -0.471. The molecule has 1 radical (unpaired) electrons. The van der Waals surface area contributed by atoms with Gasteiger partial charge in [-0.05, 0) is 273 Å². The van der Waals surface area contributed by atoms with Crippen LogP contribution in [0, 0.1) is 74.4 Å². The Balaban J connectivity index is 1.42. The Kier molecular flexibility index (Phi) is 21.4. The Morgan fingerprint density at radius 1 is 0.519 bits per heavy atom. The number of hydrogen-bond acceptors (Lipinski definition) is 7. The van der Waals surface area contributed by atoms with Gasteiger partial charge in [-0.25, -0.2) is 0 Å². The van der Waals surface area contributed by atoms with Crippen LogP contribution < -0.4 is 0 Å². The van der Waals surface area contributed by atoms with E-state index in [1.807, 2.05) is 0 Å². The SMILES string of the molecule is CCCCOC1CCCC([C]2CCC(C3(C4CC4)CCCC(OCC)C3)(C3(C4CCCC4OC(C)(C)C)CCCC(OC)C3)C(OCC(C)C)(C3(C4CCC4)CCCC(OCCC)C3)C2(C2CCCC2)C2CCCC(OC(C)C)C2)C1. The van der Waals surface area contributed by atoms with Gasteiger partial charge >= 0.3 is 0 Å². The third-order valence-corrected chi connectivity index (χ3v) is 25.7. The van der Waals surface area contributed by atoms with Crippen LogP contribution in [0.1, 0.15) is 307 Å². The number of rotatable bonds is 25. The van der Waals surface area contributed by atoms with E-state index >= 15 is 0 Å². The van der Waals surface area contributed by atoms with Crippen molar-refractivity contribution in [1.82, 2.24) is 0 Å². The standard InChI is InChI=1S/C74H129O7/c1-12-15-46-78-60-31-18-25-55(47-60)65-40-44-72(69(57-38-39-57)41-23-34-63(50-69)76-14-3,71(43-22-33-62(49-71)75-11)66-36-21-37-67(66)81-68(8,9)10)74(79-52-53(4)5,70(56-28-19-29-56)42-24-35-64(51-70)77-45-13-2)73(65,58-26-16-17-27-58)59-30-20-32-61(48-59)80-54(6)7/h53-64,66-67H,12-52H2,1-11H3. The maximum Gasteiger partial charge on any atom is 0.0875 e. The molecule has 81 heavy (non-hydrogen) atoms. The molecule has 10 fully saturated rings. The van der Waals surface area contributed by atoms with Gasteiger partial charge in [0.2, 0.25) is 0 Å². The molecule has 0 aromatic heterocycles. The van der Waals surface area contributed by atoms with E-state index in [0.717, 1.165) is 39.3 Å². The Hall–Kier alpha value is -0.280. The molecule has 15 unspecified atom stereocenters. The molecule has 10 saturated carbocycles. The van der Waals surface area contributed by atoms with E-state index in [-0.39, 0.29) is 69.3 Å². The number of hydrogen-bond donors (Lipinski definition) is 0. The first-order valence-corrected chi connectivity index (χ1v) is 36.3. The summed E-state index contributed by atoms with van der Waals surface area (Å²) in [4.78, 5) is 0. The molecule has 10 rings (SSSR count). The maximum absolute atomic E-state index is 9.85. The van der Waals surface area contributed by atoms with Crippen LogP contribution in [0.5, 0.6) is 0 Å². The van der Waals surface area contributed by atoms with Crippen molar-refractivity contribution < 1.29 is 33.2 Å². The highest BCUT2D eigenvalue weighted by Gasteiger charge is 2.89. The van der Waals surface area contributed by atoms with Crippen molar-refractivity contribution >= 4 is 0 Å². The summed E-state index contributed by atoms with van der Waals surface area (Å²) in [6.45, 7) is 27.4. The van der Waals surface area contributed by atoms with Gasteiger partial charge in [0, 0.05) is 49.8 Å². The van der Waals surface area contributed by atoms with Gasteiger partial charge in [0.05, 0.1) is 53.9 Å². The summed E-state index contributed by atoms with van der Waals surface area (Å²) in [6.07, 6.45) is 48.6. The Labute approximate surface area is 499 Å². The van der Waals surface area contributed by atoms with E-state index in [2.05, 4.69) is 82.3 Å². The van der Waals surface area contributed by atoms with Gasteiger partial charge in [0.1, 0.15) is 0 Å². The maximum atomic E-state index is 9.85. The molecule has 467 valence electrons. The second kappa shape index (κ2) is 27.2. The molecule has 0 amide bonds. The molecule has 0 spiro atoms. The predicted molar refractivity (Wildman–Crippen MR) is 332 cm³/mol. The molecule has 0 bridgehead atoms. The van der Waals surface area contributed by atoms with Crippen LogP contribution in [-0.4, -0.2) is 87.5 Å². The molecule has 7 nitrogen and oxygen atoms in total. The zero-order valence-corrected chi connectivity index (χ0v) is 54.9. The summed E-state index contributed by atoms with van der Waals surface area (Å²) in [5.41, 5.74) is -1.15. The summed E-state index contributed by atoms with van der Waals surface area (Å²) < 4.78 is 54.3. The first-order valence-electron chi connectivity index (χ1n) is 36.3.